The maximum atomic E-state index is 12.2. The molecule has 2 amide bonds. The predicted molar refractivity (Wildman–Crippen MR) is 74.8 cm³/mol. The highest BCUT2D eigenvalue weighted by Crippen LogP contribution is 2.28. The largest absolute Gasteiger partial charge is 0.305 e. The van der Waals surface area contributed by atoms with E-state index in [4.69, 9.17) is 0 Å². The number of rotatable bonds is 6. The summed E-state index contributed by atoms with van der Waals surface area (Å²) in [7, 11) is -2.97. The fourth-order valence-corrected chi connectivity index (χ4v) is 3.64. The maximum absolute atomic E-state index is 12.2. The summed E-state index contributed by atoms with van der Waals surface area (Å²) in [6.07, 6.45) is 5.84. The molecule has 0 spiro atoms. The molecule has 0 radical (unpaired) electrons. The Morgan fingerprint density at radius 3 is 2.50 bits per heavy atom. The smallest absolute Gasteiger partial charge is 0.247 e. The molecule has 1 N–H and O–H groups in total. The molecule has 0 aromatic heterocycles. The number of likely N-dealkylation sites (tertiary alicyclic amines) is 1. The summed E-state index contributed by atoms with van der Waals surface area (Å²) in [6, 6.07) is -0.388. The van der Waals surface area contributed by atoms with Crippen molar-refractivity contribution in [3.8, 4) is 0 Å². The second-order valence-corrected chi connectivity index (χ2v) is 7.99. The molecule has 0 aromatic carbocycles. The molecule has 2 rings (SSSR count). The van der Waals surface area contributed by atoms with Crippen molar-refractivity contribution in [2.45, 2.75) is 50.6 Å². The minimum Gasteiger partial charge on any atom is -0.305 e. The highest BCUT2D eigenvalue weighted by molar-refractivity contribution is 7.90. The Bertz CT molecular complexity index is 483. The molecule has 1 aliphatic heterocycles. The molecule has 0 bridgehead atoms. The lowest BCUT2D eigenvalue weighted by atomic mass is 10.2. The molecule has 2 aliphatic rings. The van der Waals surface area contributed by atoms with Gasteiger partial charge in [-0.15, -0.1) is 0 Å². The van der Waals surface area contributed by atoms with Crippen molar-refractivity contribution in [2.24, 2.45) is 0 Å². The standard InChI is InChI=1S/C13H22N2O4S/c1-20(18,19)8-4-7-14-11-9-12(16)15(13(11)17)10-5-2-3-6-10/h10-11,14H,2-9H2,1H3. The number of nitrogens with one attached hydrogen (secondary N) is 1. The van der Waals surface area contributed by atoms with Crippen molar-refractivity contribution in [1.82, 2.24) is 10.2 Å². The first-order valence-corrected chi connectivity index (χ1v) is 9.21. The number of imide groups is 1. The van der Waals surface area contributed by atoms with Crippen molar-refractivity contribution in [3.63, 3.8) is 0 Å². The van der Waals surface area contributed by atoms with Crippen LogP contribution in [0.4, 0.5) is 0 Å². The molecule has 7 heteroatoms. The van der Waals surface area contributed by atoms with Crippen LogP contribution in [0, 0.1) is 0 Å². The summed E-state index contributed by atoms with van der Waals surface area (Å²) in [6.45, 7) is 0.440. The number of nitrogens with zero attached hydrogens (tertiary/aromatic N) is 1. The van der Waals surface area contributed by atoms with Gasteiger partial charge in [-0.2, -0.15) is 0 Å². The second-order valence-electron chi connectivity index (χ2n) is 5.73. The lowest BCUT2D eigenvalue weighted by molar-refractivity contribution is -0.141. The molecule has 6 nitrogen and oxygen atoms in total. The number of hydrogen-bond donors (Lipinski definition) is 1. The molecule has 1 aliphatic carbocycles. The summed E-state index contributed by atoms with van der Waals surface area (Å²) in [5.41, 5.74) is 0. The Morgan fingerprint density at radius 2 is 1.90 bits per heavy atom. The van der Waals surface area contributed by atoms with Crippen LogP contribution in [0.5, 0.6) is 0 Å². The monoisotopic (exact) mass is 302 g/mol. The van der Waals surface area contributed by atoms with Crippen molar-refractivity contribution in [1.29, 1.82) is 0 Å². The van der Waals surface area contributed by atoms with E-state index in [1.807, 2.05) is 0 Å². The van der Waals surface area contributed by atoms with Crippen LogP contribution in [0.15, 0.2) is 0 Å². The number of hydrogen-bond acceptors (Lipinski definition) is 5. The molecule has 20 heavy (non-hydrogen) atoms. The van der Waals surface area contributed by atoms with Gasteiger partial charge in [0.25, 0.3) is 0 Å². The Kier molecular flexibility index (Phi) is 4.80. The topological polar surface area (TPSA) is 83.6 Å². The Hall–Kier alpha value is -0.950. The van der Waals surface area contributed by atoms with Crippen LogP contribution >= 0.6 is 0 Å². The SMILES string of the molecule is CS(=O)(=O)CCCNC1CC(=O)N(C2CCCC2)C1=O. The summed E-state index contributed by atoms with van der Waals surface area (Å²) in [5, 5.41) is 3.01. The molecule has 1 saturated heterocycles. The molecule has 114 valence electrons. The van der Waals surface area contributed by atoms with Gasteiger partial charge in [-0.05, 0) is 25.8 Å². The van der Waals surface area contributed by atoms with Crippen LogP contribution < -0.4 is 5.32 Å². The Balaban J connectivity index is 1.82. The molecule has 1 heterocycles. The van der Waals surface area contributed by atoms with Crippen LogP contribution in [0.2, 0.25) is 0 Å². The van der Waals surface area contributed by atoms with Gasteiger partial charge >= 0.3 is 0 Å². The van der Waals surface area contributed by atoms with Crippen LogP contribution in [-0.4, -0.2) is 55.8 Å². The Morgan fingerprint density at radius 1 is 1.25 bits per heavy atom. The van der Waals surface area contributed by atoms with Gasteiger partial charge in [0.05, 0.1) is 18.2 Å². The Labute approximate surface area is 119 Å². The quantitative estimate of drug-likeness (QED) is 0.555. The third kappa shape index (κ3) is 3.79. The zero-order chi connectivity index (χ0) is 14.8. The van der Waals surface area contributed by atoms with E-state index in [0.717, 1.165) is 25.7 Å². The first-order chi connectivity index (χ1) is 9.38. The molecule has 1 atom stereocenters. The minimum atomic E-state index is -2.97. The van der Waals surface area contributed by atoms with E-state index in [1.165, 1.54) is 11.2 Å². The number of carbonyl (C=O) groups excluding carboxylic acids is 2. The number of amides is 2. The summed E-state index contributed by atoms with van der Waals surface area (Å²) < 4.78 is 22.0. The van der Waals surface area contributed by atoms with E-state index in [0.29, 0.717) is 13.0 Å². The molecule has 2 fully saturated rings. The number of sulfone groups is 1. The van der Waals surface area contributed by atoms with E-state index >= 15 is 0 Å². The van der Waals surface area contributed by atoms with E-state index < -0.39 is 15.9 Å². The summed E-state index contributed by atoms with van der Waals surface area (Å²) in [4.78, 5) is 25.6. The highest BCUT2D eigenvalue weighted by atomic mass is 32.2. The predicted octanol–water partition coefficient (Wildman–Crippen LogP) is 0.0808. The molecular weight excluding hydrogens is 280 g/mol. The summed E-state index contributed by atoms with van der Waals surface area (Å²) in [5.74, 6) is -0.134. The fraction of sp³-hybridized carbons (Fsp3) is 0.846. The molecule has 1 unspecified atom stereocenters. The molecule has 1 saturated carbocycles. The maximum Gasteiger partial charge on any atom is 0.247 e. The second kappa shape index (κ2) is 6.22. The van der Waals surface area contributed by atoms with Gasteiger partial charge in [0.2, 0.25) is 11.8 Å². The van der Waals surface area contributed by atoms with Crippen molar-refractivity contribution >= 4 is 21.7 Å². The lowest BCUT2D eigenvalue weighted by Crippen LogP contribution is -2.43. The average molecular weight is 302 g/mol. The van der Waals surface area contributed by atoms with E-state index in [1.54, 1.807) is 0 Å². The van der Waals surface area contributed by atoms with Crippen molar-refractivity contribution < 1.29 is 18.0 Å². The van der Waals surface area contributed by atoms with Crippen LogP contribution in [-0.2, 0) is 19.4 Å². The van der Waals surface area contributed by atoms with Crippen molar-refractivity contribution in [3.05, 3.63) is 0 Å². The van der Waals surface area contributed by atoms with Crippen LogP contribution in [0.25, 0.3) is 0 Å². The third-order valence-corrected chi connectivity index (χ3v) is 4.99. The normalized spacial score (nSPS) is 24.9. The van der Waals surface area contributed by atoms with Gasteiger partial charge in [0, 0.05) is 12.3 Å². The van der Waals surface area contributed by atoms with E-state index in [9.17, 15) is 18.0 Å². The third-order valence-electron chi connectivity index (χ3n) is 3.96. The van der Waals surface area contributed by atoms with Gasteiger partial charge in [-0.25, -0.2) is 8.42 Å². The minimum absolute atomic E-state index is 0.0813. The zero-order valence-electron chi connectivity index (χ0n) is 11.8. The lowest BCUT2D eigenvalue weighted by Gasteiger charge is -2.22. The van der Waals surface area contributed by atoms with Crippen LogP contribution in [0.1, 0.15) is 38.5 Å². The van der Waals surface area contributed by atoms with Gasteiger partial charge in [0.1, 0.15) is 9.84 Å². The van der Waals surface area contributed by atoms with Crippen molar-refractivity contribution in [2.75, 3.05) is 18.6 Å². The van der Waals surface area contributed by atoms with Gasteiger partial charge in [-0.3, -0.25) is 14.5 Å². The van der Waals surface area contributed by atoms with Gasteiger partial charge in [0.15, 0.2) is 0 Å². The van der Waals surface area contributed by atoms with E-state index in [2.05, 4.69) is 5.32 Å². The first kappa shape index (κ1) is 15.4. The molecule has 0 aromatic rings. The zero-order valence-corrected chi connectivity index (χ0v) is 12.6. The molecular formula is C13H22N2O4S. The fourth-order valence-electron chi connectivity index (χ4n) is 2.97. The number of carbonyl (C=O) groups is 2. The first-order valence-electron chi connectivity index (χ1n) is 7.15. The highest BCUT2D eigenvalue weighted by Gasteiger charge is 2.42. The average Bonchev–Trinajstić information content (AvgIpc) is 2.93. The summed E-state index contributed by atoms with van der Waals surface area (Å²) >= 11 is 0. The van der Waals surface area contributed by atoms with Gasteiger partial charge < -0.3 is 5.32 Å². The van der Waals surface area contributed by atoms with E-state index in [-0.39, 0.29) is 30.0 Å². The van der Waals surface area contributed by atoms with Gasteiger partial charge in [-0.1, -0.05) is 12.8 Å². The van der Waals surface area contributed by atoms with Crippen LogP contribution in [0.3, 0.4) is 0 Å².